The largest absolute Gasteiger partial charge is 0.504 e. The zero-order chi connectivity index (χ0) is 21.3. The fourth-order valence-electron chi connectivity index (χ4n) is 4.74. The number of phenols is 1. The van der Waals surface area contributed by atoms with Crippen LogP contribution in [0.5, 0.6) is 11.5 Å². The Balaban J connectivity index is 1.86. The minimum atomic E-state index is -0.598. The molecule has 1 aromatic carbocycles. The van der Waals surface area contributed by atoms with Crippen LogP contribution in [0.2, 0.25) is 0 Å². The summed E-state index contributed by atoms with van der Waals surface area (Å²) in [6, 6.07) is 3.30. The van der Waals surface area contributed by atoms with Crippen LogP contribution in [-0.4, -0.2) is 48.3 Å². The van der Waals surface area contributed by atoms with Crippen LogP contribution in [0.3, 0.4) is 0 Å². The van der Waals surface area contributed by atoms with Crippen molar-refractivity contribution >= 4 is 5.97 Å². The van der Waals surface area contributed by atoms with Gasteiger partial charge in [0.15, 0.2) is 11.5 Å². The van der Waals surface area contributed by atoms with Gasteiger partial charge in [0.25, 0.3) is 0 Å². The third kappa shape index (κ3) is 4.69. The number of hydrogen-bond donors (Lipinski definition) is 2. The van der Waals surface area contributed by atoms with E-state index in [1.54, 1.807) is 7.11 Å². The quantitative estimate of drug-likeness (QED) is 0.708. The number of aromatic hydroxyl groups is 1. The first-order valence-corrected chi connectivity index (χ1v) is 10.8. The molecular formula is C23H36N2O4. The number of nitrogens with two attached hydrogens (primary N) is 1. The van der Waals surface area contributed by atoms with E-state index >= 15 is 0 Å². The molecule has 6 nitrogen and oxygen atoms in total. The summed E-state index contributed by atoms with van der Waals surface area (Å²) < 4.78 is 11.3. The highest BCUT2D eigenvalue weighted by molar-refractivity contribution is 5.76. The van der Waals surface area contributed by atoms with E-state index in [2.05, 4.69) is 18.7 Å². The minimum Gasteiger partial charge on any atom is -0.504 e. The van der Waals surface area contributed by atoms with Crippen molar-refractivity contribution in [2.45, 2.75) is 65.1 Å². The van der Waals surface area contributed by atoms with E-state index < -0.39 is 6.04 Å². The molecule has 4 atom stereocenters. The van der Waals surface area contributed by atoms with Gasteiger partial charge in [-0.15, -0.1) is 0 Å². The predicted octanol–water partition coefficient (Wildman–Crippen LogP) is 3.26. The average molecular weight is 405 g/mol. The number of carbonyl (C=O) groups excluding carboxylic acids is 1. The maximum atomic E-state index is 12.6. The molecule has 0 spiro atoms. The van der Waals surface area contributed by atoms with Crippen molar-refractivity contribution in [3.05, 3.63) is 23.3 Å². The van der Waals surface area contributed by atoms with Gasteiger partial charge in [0, 0.05) is 31.5 Å². The third-order valence-electron chi connectivity index (χ3n) is 6.39. The van der Waals surface area contributed by atoms with E-state index in [4.69, 9.17) is 15.2 Å². The number of phenolic OH excluding ortho intramolecular Hbond substituents is 1. The normalized spacial score (nSPS) is 25.4. The fraction of sp³-hybridized carbons (Fsp3) is 0.696. The first-order valence-electron chi connectivity index (χ1n) is 10.8. The molecule has 2 aliphatic heterocycles. The third-order valence-corrected chi connectivity index (χ3v) is 6.39. The Morgan fingerprint density at radius 3 is 2.66 bits per heavy atom. The van der Waals surface area contributed by atoms with Gasteiger partial charge in [-0.1, -0.05) is 27.7 Å². The zero-order valence-electron chi connectivity index (χ0n) is 18.4. The molecule has 2 heterocycles. The van der Waals surface area contributed by atoms with Crippen molar-refractivity contribution in [3.8, 4) is 11.5 Å². The molecule has 2 aliphatic rings. The van der Waals surface area contributed by atoms with E-state index in [-0.39, 0.29) is 29.8 Å². The summed E-state index contributed by atoms with van der Waals surface area (Å²) in [7, 11) is 1.57. The van der Waals surface area contributed by atoms with Crippen molar-refractivity contribution in [2.24, 2.45) is 23.5 Å². The highest BCUT2D eigenvalue weighted by Crippen LogP contribution is 2.44. The smallest absolute Gasteiger partial charge is 0.323 e. The lowest BCUT2D eigenvalue weighted by Crippen LogP contribution is -2.51. The summed E-state index contributed by atoms with van der Waals surface area (Å²) in [6.07, 6.45) is 2.51. The lowest BCUT2D eigenvalue weighted by atomic mass is 9.79. The molecule has 29 heavy (non-hydrogen) atoms. The molecule has 0 aromatic heterocycles. The number of nitrogens with zero attached hydrogens (tertiary/aromatic N) is 1. The number of methoxy groups -OCH3 is 1. The second-order valence-corrected chi connectivity index (χ2v) is 9.35. The number of hydrogen-bond acceptors (Lipinski definition) is 6. The average Bonchev–Trinajstić information content (AvgIpc) is 2.66. The molecule has 6 heteroatoms. The molecule has 0 aliphatic carbocycles. The minimum absolute atomic E-state index is 0.0472. The predicted molar refractivity (Wildman–Crippen MR) is 113 cm³/mol. The highest BCUT2D eigenvalue weighted by atomic mass is 16.5. The van der Waals surface area contributed by atoms with E-state index in [9.17, 15) is 9.90 Å². The van der Waals surface area contributed by atoms with E-state index in [0.717, 1.165) is 37.9 Å². The van der Waals surface area contributed by atoms with Gasteiger partial charge >= 0.3 is 5.97 Å². The molecular weight excluding hydrogens is 368 g/mol. The van der Waals surface area contributed by atoms with Gasteiger partial charge in [-0.2, -0.15) is 0 Å². The van der Waals surface area contributed by atoms with E-state index in [1.165, 1.54) is 5.56 Å². The molecule has 1 fully saturated rings. The van der Waals surface area contributed by atoms with E-state index in [1.807, 2.05) is 26.0 Å². The summed E-state index contributed by atoms with van der Waals surface area (Å²) in [5.41, 5.74) is 8.37. The van der Waals surface area contributed by atoms with Gasteiger partial charge in [0.05, 0.1) is 7.11 Å². The van der Waals surface area contributed by atoms with Crippen molar-refractivity contribution < 1.29 is 19.4 Å². The van der Waals surface area contributed by atoms with Crippen LogP contribution in [0.25, 0.3) is 0 Å². The Hall–Kier alpha value is -1.79. The topological polar surface area (TPSA) is 85.0 Å². The number of fused-ring (bicyclic) bond motifs is 3. The van der Waals surface area contributed by atoms with E-state index in [0.29, 0.717) is 17.6 Å². The maximum absolute atomic E-state index is 12.6. The summed E-state index contributed by atoms with van der Waals surface area (Å²) in [6.45, 7) is 10.2. The second kappa shape index (κ2) is 8.92. The molecule has 0 unspecified atom stereocenters. The van der Waals surface area contributed by atoms with Gasteiger partial charge in [-0.25, -0.2) is 0 Å². The number of rotatable bonds is 6. The lowest BCUT2D eigenvalue weighted by molar-refractivity contribution is -0.160. The Morgan fingerprint density at radius 2 is 2.03 bits per heavy atom. The number of ether oxygens (including phenoxy) is 2. The van der Waals surface area contributed by atoms with Crippen LogP contribution in [0, 0.1) is 17.8 Å². The van der Waals surface area contributed by atoms with Crippen molar-refractivity contribution in [1.82, 2.24) is 4.90 Å². The van der Waals surface area contributed by atoms with Gasteiger partial charge < -0.3 is 20.3 Å². The van der Waals surface area contributed by atoms with Crippen LogP contribution < -0.4 is 10.5 Å². The number of carbonyl (C=O) groups is 1. The number of benzene rings is 1. The van der Waals surface area contributed by atoms with Crippen molar-refractivity contribution in [2.75, 3.05) is 20.2 Å². The van der Waals surface area contributed by atoms with Crippen LogP contribution in [0.15, 0.2) is 12.1 Å². The fourth-order valence-corrected chi connectivity index (χ4v) is 4.74. The van der Waals surface area contributed by atoms with Crippen LogP contribution in [0.4, 0.5) is 0 Å². The summed E-state index contributed by atoms with van der Waals surface area (Å²) in [5, 5.41) is 10.3. The SMILES string of the molecule is COc1cc2c(cc1O)[C@H]1C[C@@H](OC(=O)[C@@H](N)C(C)C)[C@H](CC(C)C)CN1CC2. The molecule has 3 rings (SSSR count). The molecule has 0 radical (unpaired) electrons. The van der Waals surface area contributed by atoms with Crippen LogP contribution in [0.1, 0.15) is 57.7 Å². The molecule has 1 saturated heterocycles. The number of piperidine rings is 1. The second-order valence-electron chi connectivity index (χ2n) is 9.35. The first kappa shape index (κ1) is 21.9. The monoisotopic (exact) mass is 404 g/mol. The molecule has 0 bridgehead atoms. The van der Waals surface area contributed by atoms with Gasteiger partial charge in [-0.05, 0) is 47.9 Å². The lowest BCUT2D eigenvalue weighted by Gasteiger charge is -2.47. The Labute approximate surface area is 174 Å². The zero-order valence-corrected chi connectivity index (χ0v) is 18.4. The maximum Gasteiger partial charge on any atom is 0.323 e. The first-order chi connectivity index (χ1) is 13.7. The van der Waals surface area contributed by atoms with Gasteiger partial charge in [-0.3, -0.25) is 9.69 Å². The molecule has 1 aromatic rings. The Morgan fingerprint density at radius 1 is 1.31 bits per heavy atom. The molecule has 3 N–H and O–H groups in total. The van der Waals surface area contributed by atoms with Crippen LogP contribution in [-0.2, 0) is 16.0 Å². The van der Waals surface area contributed by atoms with Crippen molar-refractivity contribution in [1.29, 1.82) is 0 Å². The molecule has 162 valence electrons. The summed E-state index contributed by atoms with van der Waals surface area (Å²) >= 11 is 0. The highest BCUT2D eigenvalue weighted by Gasteiger charge is 2.41. The number of esters is 1. The standard InChI is InChI=1S/C23H36N2O4/c1-13(2)8-16-12-25-7-6-15-9-21(28-5)19(26)10-17(15)18(25)11-20(16)29-23(27)22(24)14(3)4/h9-10,13-14,16,18,20,22,26H,6-8,11-12,24H2,1-5H3/t16-,18-,20-,22+/m1/s1. The Kier molecular flexibility index (Phi) is 6.74. The summed E-state index contributed by atoms with van der Waals surface area (Å²) in [4.78, 5) is 15.1. The molecule has 0 saturated carbocycles. The van der Waals surface area contributed by atoms with Crippen molar-refractivity contribution in [3.63, 3.8) is 0 Å². The van der Waals surface area contributed by atoms with Gasteiger partial charge in [0.1, 0.15) is 12.1 Å². The van der Waals surface area contributed by atoms with Gasteiger partial charge in [0.2, 0.25) is 0 Å². The van der Waals surface area contributed by atoms with Crippen LogP contribution >= 0.6 is 0 Å². The molecule has 0 amide bonds. The Bertz CT molecular complexity index is 734. The summed E-state index contributed by atoms with van der Waals surface area (Å²) in [5.74, 6) is 1.24.